The second-order valence-electron chi connectivity index (χ2n) is 4.47. The van der Waals surface area contributed by atoms with E-state index in [-0.39, 0.29) is 0 Å². The van der Waals surface area contributed by atoms with Crippen molar-refractivity contribution in [3.8, 4) is 0 Å². The number of carbonyl (C=O) groups is 1. The Morgan fingerprint density at radius 2 is 2.06 bits per heavy atom. The molecule has 1 aromatic carbocycles. The van der Waals surface area contributed by atoms with Crippen molar-refractivity contribution in [3.63, 3.8) is 0 Å². The molecule has 17 heavy (non-hydrogen) atoms. The number of benzene rings is 1. The summed E-state index contributed by atoms with van der Waals surface area (Å²) in [6.45, 7) is 0.505. The van der Waals surface area contributed by atoms with Gasteiger partial charge in [0.15, 0.2) is 0 Å². The quantitative estimate of drug-likeness (QED) is 0.787. The zero-order chi connectivity index (χ0) is 12.1. The van der Waals surface area contributed by atoms with E-state index in [4.69, 9.17) is 10.5 Å². The maximum absolute atomic E-state index is 11.4. The predicted molar refractivity (Wildman–Crippen MR) is 67.8 cm³/mol. The minimum Gasteiger partial charge on any atom is -0.449 e. The van der Waals surface area contributed by atoms with Crippen LogP contribution in [0.25, 0.3) is 0 Å². The molecule has 4 nitrogen and oxygen atoms in total. The van der Waals surface area contributed by atoms with Crippen LogP contribution < -0.4 is 11.1 Å². The van der Waals surface area contributed by atoms with E-state index in [2.05, 4.69) is 5.32 Å². The third-order valence-corrected chi connectivity index (χ3v) is 3.14. The second kappa shape index (κ2) is 5.57. The molecular weight excluding hydrogens is 216 g/mol. The average Bonchev–Trinajstić information content (AvgIpc) is 2.25. The van der Waals surface area contributed by atoms with Gasteiger partial charge in [0.1, 0.15) is 0 Å². The monoisotopic (exact) mass is 234 g/mol. The fourth-order valence-electron chi connectivity index (χ4n) is 1.82. The highest BCUT2D eigenvalue weighted by atomic mass is 16.5. The summed E-state index contributed by atoms with van der Waals surface area (Å²) in [4.78, 5) is 11.4. The molecule has 0 heterocycles. The van der Waals surface area contributed by atoms with Gasteiger partial charge < -0.3 is 10.5 Å². The molecule has 0 atom stereocenters. The van der Waals surface area contributed by atoms with E-state index in [1.807, 2.05) is 0 Å². The lowest BCUT2D eigenvalue weighted by Crippen LogP contribution is -2.18. The Morgan fingerprint density at radius 3 is 2.65 bits per heavy atom. The van der Waals surface area contributed by atoms with Crippen LogP contribution in [0, 0.1) is 5.92 Å². The van der Waals surface area contributed by atoms with Gasteiger partial charge in [-0.15, -0.1) is 0 Å². The molecule has 0 bridgehead atoms. The first-order valence-electron chi connectivity index (χ1n) is 6.03. The number of hydrogen-bond donors (Lipinski definition) is 2. The summed E-state index contributed by atoms with van der Waals surface area (Å²) < 4.78 is 5.10. The number of rotatable bonds is 4. The van der Waals surface area contributed by atoms with Crippen molar-refractivity contribution in [2.75, 3.05) is 17.7 Å². The third kappa shape index (κ3) is 3.66. The Labute approximate surface area is 101 Å². The summed E-state index contributed by atoms with van der Waals surface area (Å²) >= 11 is 0. The van der Waals surface area contributed by atoms with Crippen LogP contribution in [0.3, 0.4) is 0 Å². The molecule has 3 N–H and O–H groups in total. The van der Waals surface area contributed by atoms with E-state index in [1.165, 1.54) is 19.3 Å². The Hall–Kier alpha value is -1.71. The Kier molecular flexibility index (Phi) is 3.85. The van der Waals surface area contributed by atoms with Crippen LogP contribution in [-0.4, -0.2) is 12.7 Å². The van der Waals surface area contributed by atoms with Gasteiger partial charge in [-0.1, -0.05) is 19.3 Å². The van der Waals surface area contributed by atoms with Gasteiger partial charge >= 0.3 is 6.09 Å². The Bertz CT molecular complexity index is 372. The molecule has 0 aliphatic heterocycles. The summed E-state index contributed by atoms with van der Waals surface area (Å²) in [6, 6.07) is 6.99. The van der Waals surface area contributed by atoms with Crippen LogP contribution >= 0.6 is 0 Å². The first kappa shape index (κ1) is 11.8. The summed E-state index contributed by atoms with van der Waals surface area (Å²) in [5.41, 5.74) is 6.93. The maximum Gasteiger partial charge on any atom is 0.411 e. The highest BCUT2D eigenvalue weighted by molar-refractivity contribution is 5.84. The normalized spacial score (nSPS) is 15.1. The molecular formula is C13H18N2O2. The molecule has 0 radical (unpaired) electrons. The second-order valence-corrected chi connectivity index (χ2v) is 4.47. The number of nitrogens with two attached hydrogens (primary N) is 1. The van der Waals surface area contributed by atoms with Crippen LogP contribution in [0.5, 0.6) is 0 Å². The number of nitrogens with one attached hydrogen (secondary N) is 1. The fourth-order valence-corrected chi connectivity index (χ4v) is 1.82. The van der Waals surface area contributed by atoms with Gasteiger partial charge in [0, 0.05) is 11.4 Å². The molecule has 4 heteroatoms. The number of carbonyl (C=O) groups excluding carboxylic acids is 1. The van der Waals surface area contributed by atoms with Gasteiger partial charge in [-0.2, -0.15) is 0 Å². The highest BCUT2D eigenvalue weighted by Crippen LogP contribution is 2.29. The minimum absolute atomic E-state index is 0.394. The van der Waals surface area contributed by atoms with Gasteiger partial charge in [0.05, 0.1) is 6.61 Å². The molecule has 0 aromatic heterocycles. The van der Waals surface area contributed by atoms with Crippen molar-refractivity contribution in [2.45, 2.75) is 25.7 Å². The number of hydrogen-bond acceptors (Lipinski definition) is 3. The van der Waals surface area contributed by atoms with E-state index >= 15 is 0 Å². The van der Waals surface area contributed by atoms with Crippen molar-refractivity contribution in [3.05, 3.63) is 24.3 Å². The first-order chi connectivity index (χ1) is 8.24. The van der Waals surface area contributed by atoms with Gasteiger partial charge in [-0.3, -0.25) is 5.32 Å². The van der Waals surface area contributed by atoms with Crippen molar-refractivity contribution >= 4 is 17.5 Å². The minimum atomic E-state index is -0.394. The summed E-state index contributed by atoms with van der Waals surface area (Å²) in [5, 5.41) is 2.66. The first-order valence-corrected chi connectivity index (χ1v) is 6.03. The van der Waals surface area contributed by atoms with E-state index in [1.54, 1.807) is 24.3 Å². The number of anilines is 2. The van der Waals surface area contributed by atoms with Crippen molar-refractivity contribution in [2.24, 2.45) is 5.92 Å². The molecule has 0 saturated heterocycles. The SMILES string of the molecule is Nc1ccc(NC(=O)OCCC2CCC2)cc1. The fraction of sp³-hybridized carbons (Fsp3) is 0.462. The van der Waals surface area contributed by atoms with Crippen LogP contribution in [0.4, 0.5) is 16.2 Å². The highest BCUT2D eigenvalue weighted by Gasteiger charge is 2.17. The number of amides is 1. The van der Waals surface area contributed by atoms with Crippen LogP contribution in [0.2, 0.25) is 0 Å². The molecule has 1 fully saturated rings. The van der Waals surface area contributed by atoms with Crippen LogP contribution in [0.15, 0.2) is 24.3 Å². The summed E-state index contributed by atoms with van der Waals surface area (Å²) in [6.07, 6.45) is 4.47. The molecule has 2 rings (SSSR count). The Morgan fingerprint density at radius 1 is 1.35 bits per heavy atom. The smallest absolute Gasteiger partial charge is 0.411 e. The third-order valence-electron chi connectivity index (χ3n) is 3.14. The Balaban J connectivity index is 1.67. The van der Waals surface area contributed by atoms with Crippen LogP contribution in [0.1, 0.15) is 25.7 Å². The lowest BCUT2D eigenvalue weighted by molar-refractivity contribution is 0.142. The molecule has 1 amide bonds. The van der Waals surface area contributed by atoms with E-state index < -0.39 is 6.09 Å². The summed E-state index contributed by atoms with van der Waals surface area (Å²) in [7, 11) is 0. The van der Waals surface area contributed by atoms with Crippen LogP contribution in [-0.2, 0) is 4.74 Å². The largest absolute Gasteiger partial charge is 0.449 e. The molecule has 0 spiro atoms. The lowest BCUT2D eigenvalue weighted by Gasteiger charge is -2.24. The van der Waals surface area contributed by atoms with Gasteiger partial charge in [0.25, 0.3) is 0 Å². The molecule has 1 aromatic rings. The molecule has 1 aliphatic carbocycles. The number of nitrogen functional groups attached to an aromatic ring is 1. The molecule has 1 aliphatic rings. The van der Waals surface area contributed by atoms with E-state index in [9.17, 15) is 4.79 Å². The van der Waals surface area contributed by atoms with Gasteiger partial charge in [0.2, 0.25) is 0 Å². The van der Waals surface area contributed by atoms with Crippen molar-refractivity contribution < 1.29 is 9.53 Å². The van der Waals surface area contributed by atoms with E-state index in [0.29, 0.717) is 18.0 Å². The van der Waals surface area contributed by atoms with Crippen molar-refractivity contribution in [1.29, 1.82) is 0 Å². The molecule has 92 valence electrons. The maximum atomic E-state index is 11.4. The topological polar surface area (TPSA) is 64.3 Å². The number of ether oxygens (including phenoxy) is 1. The average molecular weight is 234 g/mol. The van der Waals surface area contributed by atoms with Crippen molar-refractivity contribution in [1.82, 2.24) is 0 Å². The summed E-state index contributed by atoms with van der Waals surface area (Å²) in [5.74, 6) is 0.763. The lowest BCUT2D eigenvalue weighted by atomic mass is 9.83. The van der Waals surface area contributed by atoms with Gasteiger partial charge in [-0.05, 0) is 36.6 Å². The standard InChI is InChI=1S/C13H18N2O2/c14-11-4-6-12(7-5-11)15-13(16)17-9-8-10-2-1-3-10/h4-7,10H,1-3,8-9,14H2,(H,15,16). The zero-order valence-corrected chi connectivity index (χ0v) is 9.82. The zero-order valence-electron chi connectivity index (χ0n) is 9.82. The van der Waals surface area contributed by atoms with Gasteiger partial charge in [-0.25, -0.2) is 4.79 Å². The molecule has 1 saturated carbocycles. The predicted octanol–water partition coefficient (Wildman–Crippen LogP) is 3.01. The van der Waals surface area contributed by atoms with E-state index in [0.717, 1.165) is 12.3 Å². The molecule has 0 unspecified atom stereocenters.